The van der Waals surface area contributed by atoms with Crippen molar-refractivity contribution in [2.45, 2.75) is 26.3 Å². The van der Waals surface area contributed by atoms with Crippen molar-refractivity contribution in [3.05, 3.63) is 24.1 Å². The number of nitrogens with one attached hydrogen (secondary N) is 1. The van der Waals surface area contributed by atoms with E-state index in [9.17, 15) is 4.39 Å². The van der Waals surface area contributed by atoms with E-state index in [4.69, 9.17) is 0 Å². The van der Waals surface area contributed by atoms with Crippen LogP contribution in [0.25, 0.3) is 0 Å². The van der Waals surface area contributed by atoms with Crippen LogP contribution in [0.4, 0.5) is 10.2 Å². The number of hydrogen-bond donors (Lipinski definition) is 1. The molecule has 0 aromatic carbocycles. The third-order valence-corrected chi connectivity index (χ3v) is 2.55. The zero-order valence-electron chi connectivity index (χ0n) is 7.84. The summed E-state index contributed by atoms with van der Waals surface area (Å²) >= 11 is 0. The lowest BCUT2D eigenvalue weighted by Crippen LogP contribution is -2.09. The highest BCUT2D eigenvalue weighted by Crippen LogP contribution is 2.46. The molecule has 0 spiro atoms. The van der Waals surface area contributed by atoms with Crippen LogP contribution in [0.5, 0.6) is 0 Å². The third kappa shape index (κ3) is 1.79. The molecule has 1 atom stereocenters. The summed E-state index contributed by atoms with van der Waals surface area (Å²) in [5, 5.41) is 3.20. The Morgan fingerprint density at radius 1 is 1.54 bits per heavy atom. The second kappa shape index (κ2) is 2.69. The summed E-state index contributed by atoms with van der Waals surface area (Å²) in [6, 6.07) is 5.25. The summed E-state index contributed by atoms with van der Waals surface area (Å²) in [6.45, 7) is 4.37. The molecular weight excluding hydrogens is 167 g/mol. The van der Waals surface area contributed by atoms with Gasteiger partial charge in [-0.05, 0) is 24.0 Å². The van der Waals surface area contributed by atoms with E-state index < -0.39 is 5.95 Å². The molecule has 2 nitrogen and oxygen atoms in total. The SMILES string of the molecule is CC1(C)CC1Nc1cccc(F)n1. The van der Waals surface area contributed by atoms with Crippen molar-refractivity contribution in [3.8, 4) is 0 Å². The number of pyridine rings is 1. The standard InChI is InChI=1S/C10H13FN2/c1-10(2)6-7(10)12-9-5-3-4-8(11)13-9/h3-5,7H,6H2,1-2H3,(H,12,13). The largest absolute Gasteiger partial charge is 0.367 e. The summed E-state index contributed by atoms with van der Waals surface area (Å²) in [6.07, 6.45) is 1.13. The van der Waals surface area contributed by atoms with Gasteiger partial charge < -0.3 is 5.32 Å². The van der Waals surface area contributed by atoms with Gasteiger partial charge in [0, 0.05) is 6.04 Å². The van der Waals surface area contributed by atoms with Crippen molar-refractivity contribution in [1.29, 1.82) is 0 Å². The molecule has 3 heteroatoms. The molecule has 0 saturated heterocycles. The van der Waals surface area contributed by atoms with Crippen molar-refractivity contribution in [3.63, 3.8) is 0 Å². The Kier molecular flexibility index (Phi) is 1.75. The Morgan fingerprint density at radius 2 is 2.23 bits per heavy atom. The molecule has 1 unspecified atom stereocenters. The Bertz CT molecular complexity index is 322. The summed E-state index contributed by atoms with van der Waals surface area (Å²) in [4.78, 5) is 3.74. The summed E-state index contributed by atoms with van der Waals surface area (Å²) in [5.74, 6) is 0.207. The zero-order chi connectivity index (χ0) is 9.47. The minimum Gasteiger partial charge on any atom is -0.367 e. The van der Waals surface area contributed by atoms with E-state index >= 15 is 0 Å². The van der Waals surface area contributed by atoms with Gasteiger partial charge in [-0.15, -0.1) is 0 Å². The van der Waals surface area contributed by atoms with Gasteiger partial charge in [-0.25, -0.2) is 4.98 Å². The first-order valence-corrected chi connectivity index (χ1v) is 4.47. The number of halogens is 1. The van der Waals surface area contributed by atoms with Gasteiger partial charge in [0.1, 0.15) is 5.82 Å². The maximum absolute atomic E-state index is 12.7. The molecule has 1 N–H and O–H groups in total. The van der Waals surface area contributed by atoms with Crippen molar-refractivity contribution in [2.24, 2.45) is 5.41 Å². The van der Waals surface area contributed by atoms with Gasteiger partial charge in [-0.3, -0.25) is 0 Å². The first-order valence-electron chi connectivity index (χ1n) is 4.47. The van der Waals surface area contributed by atoms with E-state index in [1.54, 1.807) is 12.1 Å². The highest BCUT2D eigenvalue weighted by atomic mass is 19.1. The van der Waals surface area contributed by atoms with E-state index in [0.717, 1.165) is 6.42 Å². The Balaban J connectivity index is 2.03. The molecule has 0 radical (unpaired) electrons. The van der Waals surface area contributed by atoms with E-state index in [0.29, 0.717) is 17.3 Å². The molecule has 1 aromatic rings. The summed E-state index contributed by atoms with van der Waals surface area (Å²) in [7, 11) is 0. The Morgan fingerprint density at radius 3 is 2.77 bits per heavy atom. The average Bonchev–Trinajstić information content (AvgIpc) is 2.58. The summed E-state index contributed by atoms with van der Waals surface area (Å²) in [5.41, 5.74) is 0.341. The molecule has 1 fully saturated rings. The predicted molar refractivity (Wildman–Crippen MR) is 50.0 cm³/mol. The molecule has 13 heavy (non-hydrogen) atoms. The van der Waals surface area contributed by atoms with Crippen LogP contribution in [0, 0.1) is 11.4 Å². The first kappa shape index (κ1) is 8.48. The van der Waals surface area contributed by atoms with Crippen LogP contribution < -0.4 is 5.32 Å². The molecule has 0 aliphatic heterocycles. The van der Waals surface area contributed by atoms with Crippen LogP contribution >= 0.6 is 0 Å². The lowest BCUT2D eigenvalue weighted by atomic mass is 10.2. The van der Waals surface area contributed by atoms with E-state index in [-0.39, 0.29) is 0 Å². The minimum atomic E-state index is -0.427. The van der Waals surface area contributed by atoms with Crippen LogP contribution in [0.2, 0.25) is 0 Å². The number of rotatable bonds is 2. The molecule has 2 rings (SSSR count). The van der Waals surface area contributed by atoms with Crippen molar-refractivity contribution in [1.82, 2.24) is 4.98 Å². The average molecular weight is 180 g/mol. The second-order valence-corrected chi connectivity index (χ2v) is 4.24. The van der Waals surface area contributed by atoms with Gasteiger partial charge in [-0.1, -0.05) is 19.9 Å². The maximum atomic E-state index is 12.7. The molecule has 1 aromatic heterocycles. The van der Waals surface area contributed by atoms with Crippen LogP contribution in [-0.4, -0.2) is 11.0 Å². The zero-order valence-corrected chi connectivity index (χ0v) is 7.84. The lowest BCUT2D eigenvalue weighted by Gasteiger charge is -2.06. The molecule has 1 heterocycles. The van der Waals surface area contributed by atoms with Crippen LogP contribution in [-0.2, 0) is 0 Å². The lowest BCUT2D eigenvalue weighted by molar-refractivity contribution is 0.583. The van der Waals surface area contributed by atoms with E-state index in [1.807, 2.05) is 0 Å². The molecular formula is C10H13FN2. The normalized spacial score (nSPS) is 24.1. The molecule has 0 amide bonds. The first-order chi connectivity index (χ1) is 6.08. The molecule has 0 bridgehead atoms. The van der Waals surface area contributed by atoms with Crippen LogP contribution in [0.1, 0.15) is 20.3 Å². The van der Waals surface area contributed by atoms with Gasteiger partial charge in [0.15, 0.2) is 0 Å². The smallest absolute Gasteiger partial charge is 0.214 e. The fourth-order valence-electron chi connectivity index (χ4n) is 1.38. The minimum absolute atomic E-state index is 0.341. The predicted octanol–water partition coefficient (Wildman–Crippen LogP) is 2.43. The van der Waals surface area contributed by atoms with Gasteiger partial charge in [0.25, 0.3) is 0 Å². The topological polar surface area (TPSA) is 24.9 Å². The maximum Gasteiger partial charge on any atom is 0.214 e. The van der Waals surface area contributed by atoms with Crippen LogP contribution in [0.15, 0.2) is 18.2 Å². The van der Waals surface area contributed by atoms with Crippen molar-refractivity contribution >= 4 is 5.82 Å². The fraction of sp³-hybridized carbons (Fsp3) is 0.500. The Hall–Kier alpha value is -1.12. The third-order valence-electron chi connectivity index (χ3n) is 2.55. The molecule has 1 aliphatic rings. The van der Waals surface area contributed by atoms with Gasteiger partial charge in [-0.2, -0.15) is 4.39 Å². The monoisotopic (exact) mass is 180 g/mol. The highest BCUT2D eigenvalue weighted by Gasteiger charge is 2.45. The number of nitrogens with zero attached hydrogens (tertiary/aromatic N) is 1. The molecule has 1 aliphatic carbocycles. The summed E-state index contributed by atoms with van der Waals surface area (Å²) < 4.78 is 12.7. The number of aromatic nitrogens is 1. The Labute approximate surface area is 77.2 Å². The van der Waals surface area contributed by atoms with Gasteiger partial charge >= 0.3 is 0 Å². The molecule has 70 valence electrons. The number of anilines is 1. The quantitative estimate of drug-likeness (QED) is 0.707. The van der Waals surface area contributed by atoms with Gasteiger partial charge in [0.2, 0.25) is 5.95 Å². The number of hydrogen-bond acceptors (Lipinski definition) is 2. The second-order valence-electron chi connectivity index (χ2n) is 4.24. The van der Waals surface area contributed by atoms with Crippen LogP contribution in [0.3, 0.4) is 0 Å². The van der Waals surface area contributed by atoms with E-state index in [1.165, 1.54) is 6.07 Å². The van der Waals surface area contributed by atoms with Crippen molar-refractivity contribution < 1.29 is 4.39 Å². The molecule has 1 saturated carbocycles. The highest BCUT2D eigenvalue weighted by molar-refractivity contribution is 5.38. The van der Waals surface area contributed by atoms with E-state index in [2.05, 4.69) is 24.1 Å². The van der Waals surface area contributed by atoms with Gasteiger partial charge in [0.05, 0.1) is 0 Å². The van der Waals surface area contributed by atoms with Crippen molar-refractivity contribution in [2.75, 3.05) is 5.32 Å². The fourth-order valence-corrected chi connectivity index (χ4v) is 1.38.